The van der Waals surface area contributed by atoms with Gasteiger partial charge in [0.1, 0.15) is 0 Å². The van der Waals surface area contributed by atoms with Crippen molar-refractivity contribution >= 4 is 23.6 Å². The van der Waals surface area contributed by atoms with E-state index in [9.17, 15) is 4.79 Å². The first-order valence-electron chi connectivity index (χ1n) is 4.24. The molecule has 0 fully saturated rings. The lowest BCUT2D eigenvalue weighted by molar-refractivity contribution is 0.152. The van der Waals surface area contributed by atoms with Crippen molar-refractivity contribution in [1.29, 1.82) is 0 Å². The van der Waals surface area contributed by atoms with Crippen LogP contribution in [0.3, 0.4) is 0 Å². The quantitative estimate of drug-likeness (QED) is 0.616. The van der Waals surface area contributed by atoms with E-state index >= 15 is 0 Å². The second kappa shape index (κ2) is 5.39. The van der Waals surface area contributed by atoms with Crippen LogP contribution in [0.15, 0.2) is 17.2 Å². The third-order valence-electron chi connectivity index (χ3n) is 1.38. The Morgan fingerprint density at radius 2 is 2.50 bits per heavy atom. The Balaban J connectivity index is 2.37. The number of nitrogens with one attached hydrogen (secondary N) is 1. The van der Waals surface area contributed by atoms with Crippen molar-refractivity contribution in [2.45, 2.75) is 13.8 Å². The summed E-state index contributed by atoms with van der Waals surface area (Å²) in [5, 5.41) is 3.73. The summed E-state index contributed by atoms with van der Waals surface area (Å²) in [5.41, 5.74) is 2.26. The smallest absolute Gasteiger partial charge is 0.427 e. The Bertz CT molecular complexity index is 333. The topological polar surface area (TPSA) is 50.7 Å². The molecule has 0 aliphatic rings. The van der Waals surface area contributed by atoms with Crippen LogP contribution >= 0.6 is 11.3 Å². The summed E-state index contributed by atoms with van der Waals surface area (Å²) in [7, 11) is 0. The van der Waals surface area contributed by atoms with Gasteiger partial charge in [-0.3, -0.25) is 0 Å². The lowest BCUT2D eigenvalue weighted by Crippen LogP contribution is -2.18. The molecule has 0 unspecified atom stereocenters. The maximum atomic E-state index is 10.8. The zero-order valence-electron chi connectivity index (χ0n) is 8.11. The number of carbonyl (C=O) groups excluding carboxylic acids is 1. The second-order valence-corrected chi connectivity index (χ2v) is 3.86. The van der Waals surface area contributed by atoms with Crippen LogP contribution < -0.4 is 5.43 Å². The highest BCUT2D eigenvalue weighted by Gasteiger charge is 1.96. The van der Waals surface area contributed by atoms with Crippen molar-refractivity contribution in [3.8, 4) is 0 Å². The standard InChI is InChI=1S/C9H12N2O2S/c1-3-13-9(12)11-10-6-8-5-4-7(2)14-8/h4-6H,3H2,1-2H3,(H,11,12). The number of thiophene rings is 1. The molecule has 0 spiro atoms. The van der Waals surface area contributed by atoms with E-state index in [1.54, 1.807) is 24.5 Å². The zero-order valence-corrected chi connectivity index (χ0v) is 8.93. The second-order valence-electron chi connectivity index (χ2n) is 2.54. The van der Waals surface area contributed by atoms with Crippen LogP contribution in [0.25, 0.3) is 0 Å². The first-order chi connectivity index (χ1) is 6.72. The van der Waals surface area contributed by atoms with Gasteiger partial charge in [0, 0.05) is 9.75 Å². The van der Waals surface area contributed by atoms with Crippen LogP contribution in [-0.2, 0) is 4.74 Å². The van der Waals surface area contributed by atoms with Gasteiger partial charge in [-0.2, -0.15) is 5.10 Å². The first kappa shape index (κ1) is 10.7. The van der Waals surface area contributed by atoms with Gasteiger partial charge < -0.3 is 4.74 Å². The maximum Gasteiger partial charge on any atom is 0.427 e. The fraction of sp³-hybridized carbons (Fsp3) is 0.333. The number of rotatable bonds is 3. The SMILES string of the molecule is CCOC(=O)NN=Cc1ccc(C)s1. The minimum absolute atomic E-state index is 0.347. The molecule has 0 saturated heterocycles. The number of nitrogens with zero attached hydrogens (tertiary/aromatic N) is 1. The van der Waals surface area contributed by atoms with Gasteiger partial charge in [0.05, 0.1) is 12.8 Å². The number of hydrazone groups is 1. The first-order valence-corrected chi connectivity index (χ1v) is 5.06. The molecule has 1 amide bonds. The summed E-state index contributed by atoms with van der Waals surface area (Å²) in [6, 6.07) is 3.94. The zero-order chi connectivity index (χ0) is 10.4. The van der Waals surface area contributed by atoms with Crippen molar-refractivity contribution in [2.75, 3.05) is 6.61 Å². The summed E-state index contributed by atoms with van der Waals surface area (Å²) >= 11 is 1.61. The third kappa shape index (κ3) is 3.57. The number of ether oxygens (including phenoxy) is 1. The molecule has 5 heteroatoms. The predicted molar refractivity (Wildman–Crippen MR) is 56.8 cm³/mol. The maximum absolute atomic E-state index is 10.8. The van der Waals surface area contributed by atoms with E-state index in [4.69, 9.17) is 0 Å². The van der Waals surface area contributed by atoms with Crippen molar-refractivity contribution in [1.82, 2.24) is 5.43 Å². The van der Waals surface area contributed by atoms with Gasteiger partial charge >= 0.3 is 6.09 Å². The van der Waals surface area contributed by atoms with Gasteiger partial charge in [-0.05, 0) is 26.0 Å². The number of aryl methyl sites for hydroxylation is 1. The summed E-state index contributed by atoms with van der Waals surface area (Å²) in [6.07, 6.45) is 1.06. The molecule has 4 nitrogen and oxygen atoms in total. The summed E-state index contributed by atoms with van der Waals surface area (Å²) in [5.74, 6) is 0. The molecule has 0 atom stereocenters. The minimum atomic E-state index is -0.531. The van der Waals surface area contributed by atoms with E-state index in [2.05, 4.69) is 15.3 Å². The van der Waals surface area contributed by atoms with Gasteiger partial charge in [-0.25, -0.2) is 10.2 Å². The molecule has 1 aromatic rings. The normalized spacial score (nSPS) is 10.4. The van der Waals surface area contributed by atoms with Gasteiger partial charge in [0.15, 0.2) is 0 Å². The number of hydrogen-bond donors (Lipinski definition) is 1. The number of amides is 1. The average molecular weight is 212 g/mol. The predicted octanol–water partition coefficient (Wildman–Crippen LogP) is 2.14. The molecule has 0 aliphatic heterocycles. The van der Waals surface area contributed by atoms with E-state index in [0.29, 0.717) is 6.61 Å². The molecule has 1 aromatic heterocycles. The molecule has 0 aromatic carbocycles. The molecule has 14 heavy (non-hydrogen) atoms. The largest absolute Gasteiger partial charge is 0.449 e. The molecule has 0 aliphatic carbocycles. The lowest BCUT2D eigenvalue weighted by atomic mass is 10.4. The van der Waals surface area contributed by atoms with Crippen LogP contribution in [0.5, 0.6) is 0 Å². The Hall–Kier alpha value is -1.36. The molecular weight excluding hydrogens is 200 g/mol. The van der Waals surface area contributed by atoms with E-state index in [1.807, 2.05) is 19.1 Å². The molecule has 1 heterocycles. The Morgan fingerprint density at radius 1 is 1.71 bits per heavy atom. The summed E-state index contributed by atoms with van der Waals surface area (Å²) in [6.45, 7) is 4.10. The van der Waals surface area contributed by atoms with Crippen LogP contribution in [0.1, 0.15) is 16.7 Å². The Morgan fingerprint density at radius 3 is 3.07 bits per heavy atom. The molecule has 0 bridgehead atoms. The van der Waals surface area contributed by atoms with Gasteiger partial charge in [-0.1, -0.05) is 0 Å². The summed E-state index contributed by atoms with van der Waals surface area (Å²) < 4.78 is 4.62. The monoisotopic (exact) mass is 212 g/mol. The van der Waals surface area contributed by atoms with Gasteiger partial charge in [0.25, 0.3) is 0 Å². The number of hydrogen-bond acceptors (Lipinski definition) is 4. The fourth-order valence-corrected chi connectivity index (χ4v) is 1.58. The van der Waals surface area contributed by atoms with Gasteiger partial charge in [0.2, 0.25) is 0 Å². The molecule has 0 saturated carbocycles. The lowest BCUT2D eigenvalue weighted by Gasteiger charge is -1.97. The molecular formula is C9H12N2O2S. The highest BCUT2D eigenvalue weighted by atomic mass is 32.1. The van der Waals surface area contributed by atoms with Crippen molar-refractivity contribution in [3.63, 3.8) is 0 Å². The number of carbonyl (C=O) groups is 1. The summed E-state index contributed by atoms with van der Waals surface area (Å²) in [4.78, 5) is 13.0. The molecule has 1 N–H and O–H groups in total. The van der Waals surface area contributed by atoms with Crippen molar-refractivity contribution in [3.05, 3.63) is 21.9 Å². The molecule has 76 valence electrons. The third-order valence-corrected chi connectivity index (χ3v) is 2.32. The van der Waals surface area contributed by atoms with Crippen molar-refractivity contribution < 1.29 is 9.53 Å². The van der Waals surface area contributed by atoms with E-state index in [-0.39, 0.29) is 0 Å². The Kier molecular flexibility index (Phi) is 4.12. The highest BCUT2D eigenvalue weighted by Crippen LogP contribution is 2.12. The van der Waals surface area contributed by atoms with Gasteiger partial charge in [-0.15, -0.1) is 11.3 Å². The minimum Gasteiger partial charge on any atom is -0.449 e. The highest BCUT2D eigenvalue weighted by molar-refractivity contribution is 7.13. The average Bonchev–Trinajstić information content (AvgIpc) is 2.52. The molecule has 0 radical (unpaired) electrons. The van der Waals surface area contributed by atoms with Crippen molar-refractivity contribution in [2.24, 2.45) is 5.10 Å². The van der Waals surface area contributed by atoms with E-state index in [1.165, 1.54) is 4.88 Å². The van der Waals surface area contributed by atoms with Crippen LogP contribution in [-0.4, -0.2) is 18.9 Å². The van der Waals surface area contributed by atoms with Crippen LogP contribution in [0, 0.1) is 6.92 Å². The van der Waals surface area contributed by atoms with Crippen LogP contribution in [0.4, 0.5) is 4.79 Å². The van der Waals surface area contributed by atoms with E-state index in [0.717, 1.165) is 4.88 Å². The van der Waals surface area contributed by atoms with Crippen LogP contribution in [0.2, 0.25) is 0 Å². The molecule has 1 rings (SSSR count). The fourth-order valence-electron chi connectivity index (χ4n) is 0.835. The van der Waals surface area contributed by atoms with E-state index < -0.39 is 6.09 Å². The Labute approximate surface area is 86.6 Å².